The number of thioether (sulfide) groups is 1. The second-order valence-electron chi connectivity index (χ2n) is 5.77. The summed E-state index contributed by atoms with van der Waals surface area (Å²) in [6, 6.07) is 19.1. The number of anilines is 1. The number of hydrogen-bond donors (Lipinski definition) is 0. The second-order valence-corrected chi connectivity index (χ2v) is 7.85. The highest BCUT2D eigenvalue weighted by Gasteiger charge is 2.20. The highest BCUT2D eigenvalue weighted by atomic mass is 32.2. The molecule has 144 valence electrons. The molecule has 0 saturated heterocycles. The van der Waals surface area contributed by atoms with E-state index in [-0.39, 0.29) is 24.8 Å². The number of aromatic nitrogens is 1. The lowest BCUT2D eigenvalue weighted by atomic mass is 10.2. The Bertz CT molecular complexity index is 914. The lowest BCUT2D eigenvalue weighted by Crippen LogP contribution is -2.37. The van der Waals surface area contributed by atoms with E-state index in [2.05, 4.69) is 4.98 Å². The molecule has 0 saturated carbocycles. The van der Waals surface area contributed by atoms with Gasteiger partial charge in [0.2, 0.25) is 5.91 Å². The number of ether oxygens (including phenoxy) is 1. The van der Waals surface area contributed by atoms with Crippen molar-refractivity contribution in [2.45, 2.75) is 11.3 Å². The molecule has 1 aromatic heterocycles. The van der Waals surface area contributed by atoms with Crippen molar-refractivity contribution in [3.63, 3.8) is 0 Å². The third kappa shape index (κ3) is 5.43. The first-order valence-electron chi connectivity index (χ1n) is 8.82. The molecule has 3 aromatic rings. The maximum Gasteiger partial charge on any atom is 0.326 e. The van der Waals surface area contributed by atoms with Crippen LogP contribution in [0.15, 0.2) is 70.4 Å². The second kappa shape index (κ2) is 10.1. The molecule has 1 amide bonds. The molecule has 0 fully saturated rings. The Morgan fingerprint density at radius 1 is 1.07 bits per heavy atom. The molecule has 0 atom stereocenters. The van der Waals surface area contributed by atoms with E-state index >= 15 is 0 Å². The molecule has 0 aliphatic heterocycles. The van der Waals surface area contributed by atoms with Crippen molar-refractivity contribution in [2.24, 2.45) is 0 Å². The third-order valence-corrected chi connectivity index (χ3v) is 5.84. The van der Waals surface area contributed by atoms with E-state index in [1.54, 1.807) is 19.1 Å². The van der Waals surface area contributed by atoms with Crippen molar-refractivity contribution in [3.8, 4) is 11.3 Å². The lowest BCUT2D eigenvalue weighted by Gasteiger charge is -2.21. The predicted molar refractivity (Wildman–Crippen MR) is 114 cm³/mol. The van der Waals surface area contributed by atoms with Gasteiger partial charge in [0.05, 0.1) is 18.1 Å². The van der Waals surface area contributed by atoms with Crippen molar-refractivity contribution >= 4 is 40.7 Å². The third-order valence-electron chi connectivity index (χ3n) is 3.83. The molecular formula is C21H20N2O3S2. The molecule has 0 bridgehead atoms. The summed E-state index contributed by atoms with van der Waals surface area (Å²) >= 11 is 2.88. The fourth-order valence-corrected chi connectivity index (χ4v) is 4.24. The minimum Gasteiger partial charge on any atom is -0.465 e. The van der Waals surface area contributed by atoms with Crippen LogP contribution in [-0.4, -0.2) is 35.8 Å². The van der Waals surface area contributed by atoms with Gasteiger partial charge >= 0.3 is 5.97 Å². The zero-order chi connectivity index (χ0) is 19.8. The van der Waals surface area contributed by atoms with Crippen LogP contribution in [-0.2, 0) is 14.3 Å². The van der Waals surface area contributed by atoms with Crippen molar-refractivity contribution in [1.82, 2.24) is 4.98 Å². The van der Waals surface area contributed by atoms with E-state index in [9.17, 15) is 9.59 Å². The zero-order valence-corrected chi connectivity index (χ0v) is 17.0. The van der Waals surface area contributed by atoms with Gasteiger partial charge in [-0.25, -0.2) is 4.98 Å². The molecule has 0 N–H and O–H groups in total. The average molecular weight is 413 g/mol. The van der Waals surface area contributed by atoms with Crippen LogP contribution in [0.2, 0.25) is 0 Å². The van der Waals surface area contributed by atoms with Crippen LogP contribution in [0.1, 0.15) is 6.92 Å². The van der Waals surface area contributed by atoms with Gasteiger partial charge < -0.3 is 9.64 Å². The highest BCUT2D eigenvalue weighted by molar-refractivity contribution is 8.01. The fourth-order valence-electron chi connectivity index (χ4n) is 2.53. The SMILES string of the molecule is CCOC(=O)CN(C(=O)CSc1nc(-c2ccccc2)cs1)c1ccccc1. The van der Waals surface area contributed by atoms with Gasteiger partial charge in [0.1, 0.15) is 6.54 Å². The van der Waals surface area contributed by atoms with Crippen molar-refractivity contribution in [2.75, 3.05) is 23.8 Å². The quantitative estimate of drug-likeness (QED) is 0.403. The molecule has 5 nitrogen and oxygen atoms in total. The maximum atomic E-state index is 12.8. The summed E-state index contributed by atoms with van der Waals surface area (Å²) in [6.07, 6.45) is 0. The van der Waals surface area contributed by atoms with Crippen LogP contribution < -0.4 is 4.90 Å². The molecule has 0 radical (unpaired) electrons. The van der Waals surface area contributed by atoms with Gasteiger partial charge in [-0.05, 0) is 19.1 Å². The molecule has 0 spiro atoms. The smallest absolute Gasteiger partial charge is 0.326 e. The first-order chi connectivity index (χ1) is 13.7. The van der Waals surface area contributed by atoms with Gasteiger partial charge in [0.15, 0.2) is 4.34 Å². The first-order valence-corrected chi connectivity index (χ1v) is 10.7. The fraction of sp³-hybridized carbons (Fsp3) is 0.190. The van der Waals surface area contributed by atoms with E-state index in [4.69, 9.17) is 4.74 Å². The van der Waals surface area contributed by atoms with Gasteiger partial charge in [-0.2, -0.15) is 0 Å². The molecule has 2 aromatic carbocycles. The number of para-hydroxylation sites is 1. The summed E-state index contributed by atoms with van der Waals surface area (Å²) in [4.78, 5) is 30.8. The predicted octanol–water partition coefficient (Wildman–Crippen LogP) is 4.50. The Hall–Kier alpha value is -2.64. The Morgan fingerprint density at radius 2 is 1.75 bits per heavy atom. The first kappa shape index (κ1) is 20.1. The summed E-state index contributed by atoms with van der Waals surface area (Å²) in [7, 11) is 0. The number of carbonyl (C=O) groups excluding carboxylic acids is 2. The van der Waals surface area contributed by atoms with Gasteiger partial charge in [-0.15, -0.1) is 11.3 Å². The van der Waals surface area contributed by atoms with Gasteiger partial charge in [-0.3, -0.25) is 9.59 Å². The Balaban J connectivity index is 1.67. The number of benzene rings is 2. The molecule has 0 aliphatic carbocycles. The number of esters is 1. The summed E-state index contributed by atoms with van der Waals surface area (Å²) in [5.41, 5.74) is 2.61. The minimum absolute atomic E-state index is 0.107. The Labute approximate surface area is 172 Å². The lowest BCUT2D eigenvalue weighted by molar-refractivity contribution is -0.142. The van der Waals surface area contributed by atoms with Crippen LogP contribution in [0.3, 0.4) is 0 Å². The summed E-state index contributed by atoms with van der Waals surface area (Å²) in [5.74, 6) is -0.401. The molecule has 1 heterocycles. The zero-order valence-electron chi connectivity index (χ0n) is 15.4. The molecule has 0 aliphatic rings. The number of hydrogen-bond acceptors (Lipinski definition) is 6. The summed E-state index contributed by atoms with van der Waals surface area (Å²) in [5, 5.41) is 1.98. The highest BCUT2D eigenvalue weighted by Crippen LogP contribution is 2.28. The van der Waals surface area contributed by atoms with Crippen LogP contribution >= 0.6 is 23.1 Å². The van der Waals surface area contributed by atoms with Crippen LogP contribution in [0, 0.1) is 0 Å². The van der Waals surface area contributed by atoms with E-state index in [1.165, 1.54) is 28.0 Å². The Morgan fingerprint density at radius 3 is 2.43 bits per heavy atom. The number of thiazole rings is 1. The van der Waals surface area contributed by atoms with Gasteiger partial charge in [-0.1, -0.05) is 60.3 Å². The van der Waals surface area contributed by atoms with Crippen molar-refractivity contribution in [1.29, 1.82) is 0 Å². The van der Waals surface area contributed by atoms with Crippen LogP contribution in [0.25, 0.3) is 11.3 Å². The standard InChI is InChI=1S/C21H20N2O3S2/c1-2-26-20(25)13-23(17-11-7-4-8-12-17)19(24)15-28-21-22-18(14-27-21)16-9-5-3-6-10-16/h3-12,14H,2,13,15H2,1H3. The Kier molecular flexibility index (Phi) is 7.22. The largest absolute Gasteiger partial charge is 0.465 e. The number of rotatable bonds is 8. The molecule has 7 heteroatoms. The van der Waals surface area contributed by atoms with E-state index in [0.717, 1.165) is 15.6 Å². The topological polar surface area (TPSA) is 59.5 Å². The van der Waals surface area contributed by atoms with Crippen LogP contribution in [0.5, 0.6) is 0 Å². The van der Waals surface area contributed by atoms with Crippen molar-refractivity contribution < 1.29 is 14.3 Å². The monoisotopic (exact) mass is 412 g/mol. The molecule has 28 heavy (non-hydrogen) atoms. The van der Waals surface area contributed by atoms with Gasteiger partial charge in [0, 0.05) is 16.6 Å². The average Bonchev–Trinajstić information content (AvgIpc) is 3.21. The van der Waals surface area contributed by atoms with E-state index in [1.807, 2.05) is 53.9 Å². The number of nitrogens with zero attached hydrogens (tertiary/aromatic N) is 2. The van der Waals surface area contributed by atoms with E-state index < -0.39 is 5.97 Å². The van der Waals surface area contributed by atoms with E-state index in [0.29, 0.717) is 5.69 Å². The maximum absolute atomic E-state index is 12.8. The minimum atomic E-state index is -0.426. The molecule has 0 unspecified atom stereocenters. The van der Waals surface area contributed by atoms with Crippen LogP contribution in [0.4, 0.5) is 5.69 Å². The number of amides is 1. The normalized spacial score (nSPS) is 10.5. The number of carbonyl (C=O) groups is 2. The molecule has 3 rings (SSSR count). The molecular weight excluding hydrogens is 392 g/mol. The summed E-state index contributed by atoms with van der Waals surface area (Å²) in [6.45, 7) is 1.92. The van der Waals surface area contributed by atoms with Gasteiger partial charge in [0.25, 0.3) is 0 Å². The van der Waals surface area contributed by atoms with Crippen molar-refractivity contribution in [3.05, 3.63) is 66.0 Å². The summed E-state index contributed by atoms with van der Waals surface area (Å²) < 4.78 is 5.83.